The first-order chi connectivity index (χ1) is 13.2. The van der Waals surface area contributed by atoms with Gasteiger partial charge >= 0.3 is 6.18 Å². The molecule has 2 saturated heterocycles. The maximum absolute atomic E-state index is 13.1. The van der Waals surface area contributed by atoms with Crippen LogP contribution in [0.3, 0.4) is 0 Å². The number of piperazine rings is 1. The zero-order valence-electron chi connectivity index (χ0n) is 15.6. The van der Waals surface area contributed by atoms with Crippen molar-refractivity contribution in [3.8, 4) is 0 Å². The number of aromatic nitrogens is 2. The number of hydrogen-bond acceptors (Lipinski definition) is 5. The Bertz CT molecular complexity index is 793. The number of hydrogen-bond donors (Lipinski definition) is 0. The normalized spacial score (nSPS) is 24.0. The molecular weight excluding hydrogens is 397 g/mol. The van der Waals surface area contributed by atoms with E-state index >= 15 is 0 Å². The smallest absolute Gasteiger partial charge is 0.381 e. The Morgan fingerprint density at radius 3 is 2.29 bits per heavy atom. The molecule has 11 heteroatoms. The van der Waals surface area contributed by atoms with E-state index in [1.165, 1.54) is 4.31 Å². The zero-order valence-corrected chi connectivity index (χ0v) is 16.4. The second kappa shape index (κ2) is 7.58. The largest absolute Gasteiger partial charge is 0.435 e. The van der Waals surface area contributed by atoms with E-state index in [4.69, 9.17) is 4.74 Å². The number of nitrogens with zero attached hydrogens (tertiary/aromatic N) is 4. The van der Waals surface area contributed by atoms with Crippen molar-refractivity contribution in [3.05, 3.63) is 11.8 Å². The van der Waals surface area contributed by atoms with Crippen LogP contribution in [-0.4, -0.2) is 72.8 Å². The molecule has 3 aliphatic rings. The minimum absolute atomic E-state index is 0.209. The molecule has 4 rings (SSSR count). The summed E-state index contributed by atoms with van der Waals surface area (Å²) in [5.41, 5.74) is -1.15. The third-order valence-electron chi connectivity index (χ3n) is 5.75. The highest BCUT2D eigenvalue weighted by atomic mass is 32.2. The molecule has 3 fully saturated rings. The van der Waals surface area contributed by atoms with Gasteiger partial charge in [-0.1, -0.05) is 0 Å². The third kappa shape index (κ3) is 4.22. The van der Waals surface area contributed by atoms with Gasteiger partial charge < -0.3 is 4.74 Å². The molecule has 0 atom stereocenters. The monoisotopic (exact) mass is 422 g/mol. The van der Waals surface area contributed by atoms with Crippen LogP contribution in [0.25, 0.3) is 0 Å². The molecule has 0 spiro atoms. The van der Waals surface area contributed by atoms with E-state index < -0.39 is 21.9 Å². The molecule has 1 aromatic heterocycles. The minimum Gasteiger partial charge on any atom is -0.381 e. The fourth-order valence-electron chi connectivity index (χ4n) is 3.91. The molecule has 158 valence electrons. The van der Waals surface area contributed by atoms with Crippen LogP contribution in [0.1, 0.15) is 31.4 Å². The Morgan fingerprint density at radius 1 is 1.07 bits per heavy atom. The molecule has 0 amide bonds. The van der Waals surface area contributed by atoms with Crippen molar-refractivity contribution >= 4 is 10.0 Å². The van der Waals surface area contributed by atoms with Crippen LogP contribution in [0, 0.1) is 5.92 Å². The maximum Gasteiger partial charge on any atom is 0.435 e. The number of halogens is 3. The number of alkyl halides is 3. The van der Waals surface area contributed by atoms with Crippen LogP contribution in [0.4, 0.5) is 13.2 Å². The van der Waals surface area contributed by atoms with E-state index in [1.54, 1.807) is 0 Å². The van der Waals surface area contributed by atoms with Crippen molar-refractivity contribution in [3.63, 3.8) is 0 Å². The Morgan fingerprint density at radius 2 is 1.71 bits per heavy atom. The van der Waals surface area contributed by atoms with E-state index in [1.807, 2.05) is 0 Å². The lowest BCUT2D eigenvalue weighted by molar-refractivity contribution is -0.141. The second-order valence-electron chi connectivity index (χ2n) is 7.77. The van der Waals surface area contributed by atoms with Crippen molar-refractivity contribution in [1.29, 1.82) is 0 Å². The molecule has 0 bridgehead atoms. The van der Waals surface area contributed by atoms with Crippen LogP contribution < -0.4 is 0 Å². The SMILES string of the molecule is O=S(=O)(c1cc(C(F)(F)F)nn1CC1CC1)N1CCN(C2CCOCC2)CC1. The van der Waals surface area contributed by atoms with Gasteiger partial charge in [-0.15, -0.1) is 0 Å². The molecule has 7 nitrogen and oxygen atoms in total. The fraction of sp³-hybridized carbons (Fsp3) is 0.824. The summed E-state index contributed by atoms with van der Waals surface area (Å²) in [6.07, 6.45) is -1.03. The van der Waals surface area contributed by atoms with Gasteiger partial charge in [-0.2, -0.15) is 22.6 Å². The van der Waals surface area contributed by atoms with Gasteiger partial charge in [0.2, 0.25) is 0 Å². The molecule has 0 aromatic carbocycles. The van der Waals surface area contributed by atoms with Gasteiger partial charge in [0.15, 0.2) is 10.7 Å². The van der Waals surface area contributed by atoms with Gasteiger partial charge in [0.1, 0.15) is 0 Å². The van der Waals surface area contributed by atoms with Gasteiger partial charge in [0.25, 0.3) is 10.0 Å². The average molecular weight is 422 g/mol. The quantitative estimate of drug-likeness (QED) is 0.724. The summed E-state index contributed by atoms with van der Waals surface area (Å²) in [4.78, 5) is 2.26. The molecule has 3 heterocycles. The van der Waals surface area contributed by atoms with Crippen molar-refractivity contribution < 1.29 is 26.3 Å². The van der Waals surface area contributed by atoms with E-state index in [2.05, 4.69) is 10.00 Å². The highest BCUT2D eigenvalue weighted by molar-refractivity contribution is 7.89. The first kappa shape index (κ1) is 20.1. The summed E-state index contributed by atoms with van der Waals surface area (Å²) in [5, 5.41) is 3.23. The lowest BCUT2D eigenvalue weighted by Gasteiger charge is -2.40. The van der Waals surface area contributed by atoms with Crippen LogP contribution in [0.15, 0.2) is 11.1 Å². The summed E-state index contributed by atoms with van der Waals surface area (Å²) < 4.78 is 73.3. The van der Waals surface area contributed by atoms with Crippen LogP contribution >= 0.6 is 0 Å². The van der Waals surface area contributed by atoms with Crippen molar-refractivity contribution in [2.75, 3.05) is 39.4 Å². The lowest BCUT2D eigenvalue weighted by atomic mass is 10.1. The highest BCUT2D eigenvalue weighted by Gasteiger charge is 2.40. The molecule has 2 aliphatic heterocycles. The predicted octanol–water partition coefficient (Wildman–Crippen LogP) is 1.80. The van der Waals surface area contributed by atoms with Gasteiger partial charge in [-0.05, 0) is 31.6 Å². The van der Waals surface area contributed by atoms with Gasteiger partial charge in [0, 0.05) is 58.0 Å². The molecule has 1 aliphatic carbocycles. The molecule has 1 saturated carbocycles. The van der Waals surface area contributed by atoms with Crippen molar-refractivity contribution in [2.24, 2.45) is 5.92 Å². The topological polar surface area (TPSA) is 67.7 Å². The second-order valence-corrected chi connectivity index (χ2v) is 9.66. The number of rotatable bonds is 5. The maximum atomic E-state index is 13.1. The molecule has 28 heavy (non-hydrogen) atoms. The van der Waals surface area contributed by atoms with Crippen LogP contribution in [0.2, 0.25) is 0 Å². The van der Waals surface area contributed by atoms with Gasteiger partial charge in [-0.3, -0.25) is 9.58 Å². The van der Waals surface area contributed by atoms with Crippen LogP contribution in [-0.2, 0) is 27.5 Å². The predicted molar refractivity (Wildman–Crippen MR) is 94.1 cm³/mol. The third-order valence-corrected chi connectivity index (χ3v) is 7.65. The molecule has 0 N–H and O–H groups in total. The fourth-order valence-corrected chi connectivity index (χ4v) is 5.46. The number of ether oxygens (including phenoxy) is 1. The van der Waals surface area contributed by atoms with E-state index in [0.717, 1.165) is 30.4 Å². The van der Waals surface area contributed by atoms with E-state index in [9.17, 15) is 21.6 Å². The Hall–Kier alpha value is -1.17. The van der Waals surface area contributed by atoms with Crippen LogP contribution in [0.5, 0.6) is 0 Å². The average Bonchev–Trinajstić information content (AvgIpc) is 3.37. The van der Waals surface area contributed by atoms with Crippen molar-refractivity contribution in [1.82, 2.24) is 19.0 Å². The summed E-state index contributed by atoms with van der Waals surface area (Å²) in [6.45, 7) is 3.34. The van der Waals surface area contributed by atoms with Gasteiger partial charge in [-0.25, -0.2) is 8.42 Å². The summed E-state index contributed by atoms with van der Waals surface area (Å²) in [5.74, 6) is 0.209. The molecule has 1 aromatic rings. The van der Waals surface area contributed by atoms with E-state index in [-0.39, 0.29) is 30.6 Å². The minimum atomic E-state index is -4.67. The summed E-state index contributed by atoms with van der Waals surface area (Å²) in [6, 6.07) is 1.07. The Balaban J connectivity index is 1.50. The van der Waals surface area contributed by atoms with Crippen molar-refractivity contribution in [2.45, 2.75) is 49.5 Å². The summed E-state index contributed by atoms with van der Waals surface area (Å²) >= 11 is 0. The lowest BCUT2D eigenvalue weighted by Crippen LogP contribution is -2.53. The Labute approximate surface area is 162 Å². The zero-order chi connectivity index (χ0) is 19.9. The first-order valence-corrected chi connectivity index (χ1v) is 11.2. The molecular formula is C17H25F3N4O3S. The summed E-state index contributed by atoms with van der Waals surface area (Å²) in [7, 11) is -4.02. The highest BCUT2D eigenvalue weighted by Crippen LogP contribution is 2.35. The Kier molecular flexibility index (Phi) is 5.45. The van der Waals surface area contributed by atoms with Gasteiger partial charge in [0.05, 0.1) is 0 Å². The first-order valence-electron chi connectivity index (χ1n) is 9.72. The molecule has 0 unspecified atom stereocenters. The molecule has 0 radical (unpaired) electrons. The standard InChI is InChI=1S/C17H25F3N4O3S/c18-17(19,20)15-11-16(24(21-15)12-13-1-2-13)28(25,26)23-7-5-22(6-8-23)14-3-9-27-10-4-14/h11,13-14H,1-10,12H2. The van der Waals surface area contributed by atoms with E-state index in [0.29, 0.717) is 38.4 Å². The number of sulfonamides is 1.